The van der Waals surface area contributed by atoms with E-state index in [1.165, 1.54) is 0 Å². The minimum atomic E-state index is -0.0976. The minimum Gasteiger partial charge on any atom is -0.465 e. The first-order valence-electron chi connectivity index (χ1n) is 3.91. The van der Waals surface area contributed by atoms with Gasteiger partial charge in [-0.2, -0.15) is 0 Å². The number of rotatable bonds is 5. The highest BCUT2D eigenvalue weighted by molar-refractivity contribution is 9.09. The summed E-state index contributed by atoms with van der Waals surface area (Å²) in [5.41, 5.74) is 0. The van der Waals surface area contributed by atoms with E-state index in [-0.39, 0.29) is 11.9 Å². The first kappa shape index (κ1) is 11.0. The minimum absolute atomic E-state index is 0.000953. The summed E-state index contributed by atoms with van der Waals surface area (Å²) in [6, 6.07) is 0. The molecule has 0 fully saturated rings. The molecule has 0 rings (SSSR count). The van der Waals surface area contributed by atoms with Gasteiger partial charge in [-0.05, 0) is 12.8 Å². The maximum Gasteiger partial charge on any atom is 0.308 e. The van der Waals surface area contributed by atoms with Gasteiger partial charge in [0.15, 0.2) is 0 Å². The largest absolute Gasteiger partial charge is 0.465 e. The second-order valence-electron chi connectivity index (χ2n) is 2.72. The number of alkyl halides is 1. The average Bonchev–Trinajstić information content (AvgIpc) is 1.97. The lowest BCUT2D eigenvalue weighted by molar-refractivity contribution is -0.147. The zero-order chi connectivity index (χ0) is 8.69. The number of carbonyl (C=O) groups excluding carboxylic acids is 1. The Morgan fingerprint density at radius 1 is 1.45 bits per heavy atom. The van der Waals surface area contributed by atoms with E-state index in [1.807, 2.05) is 13.8 Å². The molecule has 0 heterocycles. The summed E-state index contributed by atoms with van der Waals surface area (Å²) in [6.07, 6.45) is 2.01. The molecule has 3 heteroatoms. The lowest BCUT2D eigenvalue weighted by Crippen LogP contribution is -2.12. The zero-order valence-corrected chi connectivity index (χ0v) is 8.69. The molecule has 0 amide bonds. The van der Waals surface area contributed by atoms with Crippen molar-refractivity contribution in [3.05, 3.63) is 0 Å². The summed E-state index contributed by atoms with van der Waals surface area (Å²) in [5.74, 6) is -0.0986. The summed E-state index contributed by atoms with van der Waals surface area (Å²) >= 11 is 3.31. The lowest BCUT2D eigenvalue weighted by atomic mass is 10.2. The van der Waals surface area contributed by atoms with Crippen molar-refractivity contribution in [2.75, 3.05) is 11.9 Å². The summed E-state index contributed by atoms with van der Waals surface area (Å²) in [4.78, 5) is 10.9. The molecule has 0 unspecified atom stereocenters. The van der Waals surface area contributed by atoms with Crippen LogP contribution >= 0.6 is 15.9 Å². The highest BCUT2D eigenvalue weighted by Gasteiger charge is 2.06. The van der Waals surface area contributed by atoms with E-state index in [9.17, 15) is 4.79 Å². The molecule has 0 aromatic heterocycles. The number of hydrogen-bond donors (Lipinski definition) is 0. The fraction of sp³-hybridized carbons (Fsp3) is 0.875. The van der Waals surface area contributed by atoms with Gasteiger partial charge in [0.1, 0.15) is 0 Å². The lowest BCUT2D eigenvalue weighted by Gasteiger charge is -2.05. The Balaban J connectivity index is 3.18. The summed E-state index contributed by atoms with van der Waals surface area (Å²) in [6.45, 7) is 4.24. The van der Waals surface area contributed by atoms with Crippen LogP contribution in [0.2, 0.25) is 0 Å². The Morgan fingerprint density at radius 3 is 2.55 bits per heavy atom. The molecule has 66 valence electrons. The molecule has 0 aromatic rings. The second-order valence-corrected chi connectivity index (χ2v) is 3.51. The maximum atomic E-state index is 10.9. The van der Waals surface area contributed by atoms with Crippen molar-refractivity contribution in [1.82, 2.24) is 0 Å². The van der Waals surface area contributed by atoms with Crippen LogP contribution in [0.15, 0.2) is 0 Å². The Morgan fingerprint density at radius 2 is 2.09 bits per heavy atom. The molecule has 0 bridgehead atoms. The van der Waals surface area contributed by atoms with Crippen molar-refractivity contribution in [3.8, 4) is 0 Å². The average molecular weight is 223 g/mol. The third-order valence-corrected chi connectivity index (χ3v) is 1.80. The Labute approximate surface area is 76.4 Å². The van der Waals surface area contributed by atoms with Gasteiger partial charge in [-0.15, -0.1) is 0 Å². The van der Waals surface area contributed by atoms with Gasteiger partial charge >= 0.3 is 5.97 Å². The SMILES string of the molecule is CC(C)C(=O)OCCCCBr. The molecule has 0 aliphatic rings. The van der Waals surface area contributed by atoms with Crippen LogP contribution in [0.5, 0.6) is 0 Å². The topological polar surface area (TPSA) is 26.3 Å². The molecule has 0 N–H and O–H groups in total. The van der Waals surface area contributed by atoms with E-state index in [0.29, 0.717) is 6.61 Å². The molecule has 0 aliphatic heterocycles. The molecule has 0 radical (unpaired) electrons. The second kappa shape index (κ2) is 6.65. The van der Waals surface area contributed by atoms with Crippen molar-refractivity contribution in [1.29, 1.82) is 0 Å². The molecule has 0 aliphatic carbocycles. The third-order valence-electron chi connectivity index (χ3n) is 1.24. The quantitative estimate of drug-likeness (QED) is 0.406. The molecule has 0 saturated heterocycles. The first-order chi connectivity index (χ1) is 5.18. The van der Waals surface area contributed by atoms with E-state index < -0.39 is 0 Å². The van der Waals surface area contributed by atoms with Gasteiger partial charge in [0.2, 0.25) is 0 Å². The number of unbranched alkanes of at least 4 members (excludes halogenated alkanes) is 1. The van der Waals surface area contributed by atoms with Crippen molar-refractivity contribution in [2.45, 2.75) is 26.7 Å². The monoisotopic (exact) mass is 222 g/mol. The molecule has 0 aromatic carbocycles. The van der Waals surface area contributed by atoms with Crippen LogP contribution < -0.4 is 0 Å². The first-order valence-corrected chi connectivity index (χ1v) is 5.03. The smallest absolute Gasteiger partial charge is 0.308 e. The van der Waals surface area contributed by atoms with Crippen molar-refractivity contribution < 1.29 is 9.53 Å². The van der Waals surface area contributed by atoms with Crippen LogP contribution in [0.25, 0.3) is 0 Å². The zero-order valence-electron chi connectivity index (χ0n) is 7.10. The molecule has 0 atom stereocenters. The Hall–Kier alpha value is -0.0500. The maximum absolute atomic E-state index is 10.9. The number of hydrogen-bond acceptors (Lipinski definition) is 2. The van der Waals surface area contributed by atoms with Crippen LogP contribution in [0.3, 0.4) is 0 Å². The van der Waals surface area contributed by atoms with Crippen LogP contribution in [-0.4, -0.2) is 17.9 Å². The van der Waals surface area contributed by atoms with E-state index in [0.717, 1.165) is 18.2 Å². The van der Waals surface area contributed by atoms with E-state index in [2.05, 4.69) is 15.9 Å². The molecule has 0 saturated carbocycles. The van der Waals surface area contributed by atoms with Crippen LogP contribution in [-0.2, 0) is 9.53 Å². The van der Waals surface area contributed by atoms with Crippen LogP contribution in [0.4, 0.5) is 0 Å². The van der Waals surface area contributed by atoms with Gasteiger partial charge in [-0.3, -0.25) is 4.79 Å². The standard InChI is InChI=1S/C8H15BrO2/c1-7(2)8(10)11-6-4-3-5-9/h7H,3-6H2,1-2H3. The molecular formula is C8H15BrO2. The van der Waals surface area contributed by atoms with Gasteiger partial charge in [0.05, 0.1) is 12.5 Å². The van der Waals surface area contributed by atoms with Crippen LogP contribution in [0, 0.1) is 5.92 Å². The fourth-order valence-electron chi connectivity index (χ4n) is 0.536. The molecule has 2 nitrogen and oxygen atoms in total. The third kappa shape index (κ3) is 6.35. The van der Waals surface area contributed by atoms with E-state index in [1.54, 1.807) is 0 Å². The van der Waals surface area contributed by atoms with Gasteiger partial charge in [0, 0.05) is 5.33 Å². The predicted octanol–water partition coefficient (Wildman–Crippen LogP) is 2.36. The number of carbonyl (C=O) groups is 1. The highest BCUT2D eigenvalue weighted by Crippen LogP contribution is 1.99. The van der Waals surface area contributed by atoms with E-state index >= 15 is 0 Å². The molecule has 0 spiro atoms. The number of ether oxygens (including phenoxy) is 1. The Kier molecular flexibility index (Phi) is 6.62. The van der Waals surface area contributed by atoms with Gasteiger partial charge < -0.3 is 4.74 Å². The molecule has 11 heavy (non-hydrogen) atoms. The highest BCUT2D eigenvalue weighted by atomic mass is 79.9. The number of esters is 1. The normalized spacial score (nSPS) is 10.2. The van der Waals surface area contributed by atoms with Crippen molar-refractivity contribution >= 4 is 21.9 Å². The summed E-state index contributed by atoms with van der Waals surface area (Å²) in [7, 11) is 0. The van der Waals surface area contributed by atoms with Crippen molar-refractivity contribution in [2.24, 2.45) is 5.92 Å². The predicted molar refractivity (Wildman–Crippen MR) is 48.8 cm³/mol. The van der Waals surface area contributed by atoms with Gasteiger partial charge in [0.25, 0.3) is 0 Å². The van der Waals surface area contributed by atoms with E-state index in [4.69, 9.17) is 4.74 Å². The summed E-state index contributed by atoms with van der Waals surface area (Å²) in [5, 5.41) is 0.978. The number of halogens is 1. The van der Waals surface area contributed by atoms with Gasteiger partial charge in [-0.1, -0.05) is 29.8 Å². The summed E-state index contributed by atoms with van der Waals surface area (Å²) < 4.78 is 4.95. The van der Waals surface area contributed by atoms with Crippen LogP contribution in [0.1, 0.15) is 26.7 Å². The Bertz CT molecular complexity index is 113. The fourth-order valence-corrected chi connectivity index (χ4v) is 0.932. The molecular weight excluding hydrogens is 208 g/mol. The van der Waals surface area contributed by atoms with Crippen molar-refractivity contribution in [3.63, 3.8) is 0 Å². The van der Waals surface area contributed by atoms with Gasteiger partial charge in [-0.25, -0.2) is 0 Å².